The summed E-state index contributed by atoms with van der Waals surface area (Å²) in [6, 6.07) is 67.1. The van der Waals surface area contributed by atoms with Crippen LogP contribution >= 0.6 is 23.2 Å². The van der Waals surface area contributed by atoms with Crippen molar-refractivity contribution in [3.8, 4) is 0 Å². The predicted octanol–water partition coefficient (Wildman–Crippen LogP) is 14.1. The van der Waals surface area contributed by atoms with Crippen molar-refractivity contribution in [2.45, 2.75) is 126 Å². The van der Waals surface area contributed by atoms with Gasteiger partial charge in [0.15, 0.2) is 0 Å². The second-order valence-electron chi connectivity index (χ2n) is 25.3. The first-order valence-electron chi connectivity index (χ1n) is 34.9. The third-order valence-electron chi connectivity index (χ3n) is 18.8. The predicted molar refractivity (Wildman–Crippen MR) is 397 cm³/mol. The number of aliphatic hydroxyl groups excluding tert-OH is 10. The molecule has 522 valence electrons. The summed E-state index contributed by atoms with van der Waals surface area (Å²) in [4.78, 5) is 3.98. The second kappa shape index (κ2) is 43.0. The Morgan fingerprint density at radius 1 is 0.381 bits per heavy atom. The minimum atomic E-state index is -0.185. The third-order valence-corrected chi connectivity index (χ3v) is 19.3. The number of unbranched alkanes of at least 4 members (excludes halogenated alkanes) is 2. The third kappa shape index (κ3) is 24.0. The second-order valence-corrected chi connectivity index (χ2v) is 26.2. The van der Waals surface area contributed by atoms with E-state index >= 15 is 0 Å². The fraction of sp³-hybridized carbons (Fsp3) is 0.415. The number of halogens is 2. The molecule has 0 aromatic heterocycles. The standard InChI is InChI=1S/C29H34ClNO3.C29H35ClO4.C24H36N2O3/c30-26-12-8-23(9-13-26)29(24-10-14-27(15-11-24)31(16-18-32)17-19-33)22-6-4-21(5-7-22)25-2-1-3-28(34)20-25;30-28-11-9-27(10-12-28)29(25-5-1-21(2-6-25)23(13-17-31)14-18-32)26-7-3-22(4-8-26)24(15-19-33)16-20-34;1-2-3-4-5-24(20-6-10-22(11-7-20)25-14-17-27)21-8-12-23(13-9-21)26(15-18-28)16-19-29/h4-15,25,28-29,32-34H,1-3,16-20H2;1-12,23-24,29,31-34H,13-20H2;6-13,24-25,27-29H,2-5,14-19H2,1H3. The summed E-state index contributed by atoms with van der Waals surface area (Å²) >= 11 is 12.3. The van der Waals surface area contributed by atoms with E-state index in [1.165, 1.54) is 52.6 Å². The zero-order valence-corrected chi connectivity index (χ0v) is 58.0. The Morgan fingerprint density at radius 2 is 0.722 bits per heavy atom. The number of hydrogen-bond acceptors (Lipinski definition) is 13. The molecule has 0 amide bonds. The van der Waals surface area contributed by atoms with Crippen LogP contribution in [0, 0.1) is 0 Å². The first kappa shape index (κ1) is 77.7. The average Bonchev–Trinajstić information content (AvgIpc) is 0.827. The van der Waals surface area contributed by atoms with Crippen LogP contribution in [0.2, 0.25) is 10.0 Å². The van der Waals surface area contributed by atoms with Crippen molar-refractivity contribution in [3.05, 3.63) is 265 Å². The molecule has 1 aliphatic carbocycles. The Balaban J connectivity index is 0.000000206. The molecule has 15 heteroatoms. The lowest BCUT2D eigenvalue weighted by molar-refractivity contribution is 0.119. The summed E-state index contributed by atoms with van der Waals surface area (Å²) in [6.45, 7) is 5.51. The molecule has 4 atom stereocenters. The lowest BCUT2D eigenvalue weighted by Crippen LogP contribution is -2.29. The minimum Gasteiger partial charge on any atom is -0.396 e. The van der Waals surface area contributed by atoms with Gasteiger partial charge >= 0.3 is 0 Å². The van der Waals surface area contributed by atoms with E-state index in [0.717, 1.165) is 77.0 Å². The molecule has 97 heavy (non-hydrogen) atoms. The Kier molecular flexibility index (Phi) is 34.4. The number of aliphatic hydroxyl groups is 10. The van der Waals surface area contributed by atoms with Crippen LogP contribution in [0.25, 0.3) is 0 Å². The molecule has 0 heterocycles. The van der Waals surface area contributed by atoms with E-state index < -0.39 is 0 Å². The van der Waals surface area contributed by atoms with Crippen LogP contribution in [-0.4, -0.2) is 149 Å². The van der Waals surface area contributed by atoms with Gasteiger partial charge < -0.3 is 66.2 Å². The Bertz CT molecular complexity index is 3090. The Labute approximate surface area is 586 Å². The zero-order valence-electron chi connectivity index (χ0n) is 56.5. The van der Waals surface area contributed by atoms with Crippen molar-refractivity contribution in [2.24, 2.45) is 0 Å². The summed E-state index contributed by atoms with van der Waals surface area (Å²) in [6.07, 6.45) is 11.0. The molecular weight excluding hydrogens is 1260 g/mol. The fourth-order valence-electron chi connectivity index (χ4n) is 13.6. The van der Waals surface area contributed by atoms with E-state index in [0.29, 0.717) is 80.3 Å². The molecule has 0 saturated heterocycles. The number of nitrogens with one attached hydrogen (secondary N) is 1. The molecule has 4 unspecified atom stereocenters. The van der Waals surface area contributed by atoms with Crippen LogP contribution in [0.3, 0.4) is 0 Å². The van der Waals surface area contributed by atoms with Gasteiger partial charge in [0.05, 0.1) is 39.1 Å². The van der Waals surface area contributed by atoms with E-state index in [-0.39, 0.29) is 89.2 Å². The van der Waals surface area contributed by atoms with Gasteiger partial charge in [0.25, 0.3) is 0 Å². The van der Waals surface area contributed by atoms with E-state index in [1.807, 2.05) is 34.1 Å². The van der Waals surface area contributed by atoms with Crippen LogP contribution in [0.4, 0.5) is 17.1 Å². The maximum absolute atomic E-state index is 10.1. The first-order chi connectivity index (χ1) is 47.4. The highest BCUT2D eigenvalue weighted by Gasteiger charge is 2.25. The molecule has 1 aliphatic rings. The summed E-state index contributed by atoms with van der Waals surface area (Å²) in [5.41, 5.74) is 16.1. The van der Waals surface area contributed by atoms with E-state index in [4.69, 9.17) is 28.3 Å². The molecule has 13 nitrogen and oxygen atoms in total. The maximum Gasteiger partial charge on any atom is 0.0606 e. The molecule has 1 fully saturated rings. The van der Waals surface area contributed by atoms with Crippen molar-refractivity contribution in [1.29, 1.82) is 0 Å². The maximum atomic E-state index is 10.1. The van der Waals surface area contributed by atoms with Crippen LogP contribution < -0.4 is 15.1 Å². The van der Waals surface area contributed by atoms with E-state index in [9.17, 15) is 46.0 Å². The largest absolute Gasteiger partial charge is 0.396 e. The molecule has 9 rings (SSSR count). The van der Waals surface area contributed by atoms with Gasteiger partial charge in [-0.15, -0.1) is 0 Å². The van der Waals surface area contributed by atoms with Crippen LogP contribution in [0.15, 0.2) is 194 Å². The highest BCUT2D eigenvalue weighted by molar-refractivity contribution is 6.30. The molecule has 0 bridgehead atoms. The van der Waals surface area contributed by atoms with E-state index in [1.54, 1.807) is 0 Å². The lowest BCUT2D eigenvalue weighted by Gasteiger charge is -2.27. The van der Waals surface area contributed by atoms with Crippen molar-refractivity contribution in [1.82, 2.24) is 0 Å². The van der Waals surface area contributed by atoms with Gasteiger partial charge in [0, 0.05) is 104 Å². The summed E-state index contributed by atoms with van der Waals surface area (Å²) in [5.74, 6) is 1.10. The average molecular weight is 1360 g/mol. The zero-order chi connectivity index (χ0) is 69.2. The van der Waals surface area contributed by atoms with Crippen LogP contribution in [-0.2, 0) is 0 Å². The topological polar surface area (TPSA) is 221 Å². The summed E-state index contributed by atoms with van der Waals surface area (Å²) in [5, 5.41) is 98.5. The van der Waals surface area contributed by atoms with Gasteiger partial charge in [-0.3, -0.25) is 0 Å². The van der Waals surface area contributed by atoms with Crippen molar-refractivity contribution >= 4 is 40.3 Å². The number of rotatable bonds is 36. The van der Waals surface area contributed by atoms with Crippen molar-refractivity contribution in [2.75, 3.05) is 107 Å². The monoisotopic (exact) mass is 1360 g/mol. The van der Waals surface area contributed by atoms with E-state index in [2.05, 4.69) is 182 Å². The molecular formula is C82H105Cl2N3O10. The smallest absolute Gasteiger partial charge is 0.0606 e. The van der Waals surface area contributed by atoms with Crippen molar-refractivity contribution < 1.29 is 51.1 Å². The molecule has 1 saturated carbocycles. The normalized spacial score (nSPS) is 14.4. The number of nitrogens with zero attached hydrogens (tertiary/aromatic N) is 2. The number of anilines is 3. The summed E-state index contributed by atoms with van der Waals surface area (Å²) in [7, 11) is 0. The highest BCUT2D eigenvalue weighted by atomic mass is 35.5. The highest BCUT2D eigenvalue weighted by Crippen LogP contribution is 2.40. The van der Waals surface area contributed by atoms with Crippen LogP contribution in [0.1, 0.15) is 181 Å². The number of benzene rings is 8. The van der Waals surface area contributed by atoms with Gasteiger partial charge in [0.1, 0.15) is 0 Å². The molecule has 0 aliphatic heterocycles. The molecule has 8 aromatic carbocycles. The molecule has 0 spiro atoms. The van der Waals surface area contributed by atoms with Gasteiger partial charge in [-0.1, -0.05) is 189 Å². The van der Waals surface area contributed by atoms with Gasteiger partial charge in [-0.25, -0.2) is 0 Å². The van der Waals surface area contributed by atoms with Gasteiger partial charge in [0.2, 0.25) is 0 Å². The van der Waals surface area contributed by atoms with Gasteiger partial charge in [-0.2, -0.15) is 0 Å². The molecule has 0 radical (unpaired) electrons. The first-order valence-corrected chi connectivity index (χ1v) is 35.7. The van der Waals surface area contributed by atoms with Gasteiger partial charge in [-0.05, 0) is 191 Å². The minimum absolute atomic E-state index is 0.0173. The molecule has 11 N–H and O–H groups in total. The number of hydrogen-bond donors (Lipinski definition) is 11. The SMILES string of the molecule is CCCCCC(c1ccc(NCCO)cc1)c1ccc(N(CCO)CCO)cc1.OCCC(CCO)c1ccc(C(c2ccc(Cl)cc2)c2ccc(C(CCO)CCO)cc2)cc1.OCCN(CCO)c1ccc(C(c2ccc(Cl)cc2)c2ccc(C3CCCC(O)C3)cc2)cc1. The quantitative estimate of drug-likeness (QED) is 0.0130. The van der Waals surface area contributed by atoms with Crippen LogP contribution in [0.5, 0.6) is 0 Å². The van der Waals surface area contributed by atoms with Crippen molar-refractivity contribution in [3.63, 3.8) is 0 Å². The Hall–Kier alpha value is -6.66. The lowest BCUT2D eigenvalue weighted by atomic mass is 9.80. The summed E-state index contributed by atoms with van der Waals surface area (Å²) < 4.78 is 0. The fourth-order valence-corrected chi connectivity index (χ4v) is 13.8. The molecule has 8 aromatic rings. The Morgan fingerprint density at radius 3 is 1.07 bits per heavy atom.